The molecule has 1 fully saturated rings. The number of fused-ring (bicyclic) bond motifs is 1. The topological polar surface area (TPSA) is 71.3 Å². The van der Waals surface area contributed by atoms with Crippen LogP contribution in [0.3, 0.4) is 0 Å². The van der Waals surface area contributed by atoms with Crippen molar-refractivity contribution in [2.45, 2.75) is 38.3 Å². The number of benzene rings is 1. The number of nitrogens with one attached hydrogen (secondary N) is 1. The zero-order chi connectivity index (χ0) is 18.5. The molecule has 1 amide bonds. The molecule has 1 N–H and O–H groups in total. The molecule has 0 radical (unpaired) electrons. The second-order valence-corrected chi connectivity index (χ2v) is 6.98. The van der Waals surface area contributed by atoms with Crippen molar-refractivity contribution in [3.63, 3.8) is 0 Å². The van der Waals surface area contributed by atoms with Gasteiger partial charge in [-0.05, 0) is 56.6 Å². The number of hydrogen-bond acceptors (Lipinski definition) is 5. The van der Waals surface area contributed by atoms with Crippen LogP contribution in [0.2, 0.25) is 0 Å². The molecule has 1 saturated heterocycles. The van der Waals surface area contributed by atoms with Gasteiger partial charge in [-0.1, -0.05) is 23.4 Å². The average molecular weight is 401 g/mol. The Morgan fingerprint density at radius 1 is 1.14 bits per heavy atom. The molecule has 1 aromatic carbocycles. The summed E-state index contributed by atoms with van der Waals surface area (Å²) >= 11 is 0. The van der Waals surface area contributed by atoms with Crippen LogP contribution < -0.4 is 5.32 Å². The number of amides is 1. The first-order chi connectivity index (χ1) is 13.3. The van der Waals surface area contributed by atoms with Gasteiger partial charge in [0.25, 0.3) is 0 Å². The van der Waals surface area contributed by atoms with Crippen LogP contribution in [-0.4, -0.2) is 40.1 Å². The van der Waals surface area contributed by atoms with Crippen molar-refractivity contribution in [3.8, 4) is 0 Å². The van der Waals surface area contributed by atoms with Crippen molar-refractivity contribution in [1.29, 1.82) is 0 Å². The van der Waals surface area contributed by atoms with E-state index in [-0.39, 0.29) is 30.8 Å². The van der Waals surface area contributed by atoms with Crippen molar-refractivity contribution < 1.29 is 9.32 Å². The monoisotopic (exact) mass is 400 g/mol. The molecule has 148 valence electrons. The number of carbonyl (C=O) groups is 1. The van der Waals surface area contributed by atoms with Crippen molar-refractivity contribution in [2.75, 3.05) is 13.1 Å². The lowest BCUT2D eigenvalue weighted by Gasteiger charge is -2.31. The Hall–Kier alpha value is -2.44. The Labute approximate surface area is 170 Å². The number of para-hydroxylation sites is 1. The van der Waals surface area contributed by atoms with Gasteiger partial charge < -0.3 is 14.7 Å². The highest BCUT2D eigenvalue weighted by molar-refractivity contribution is 5.86. The normalized spacial score (nSPS) is 16.9. The fourth-order valence-corrected chi connectivity index (χ4v) is 3.71. The van der Waals surface area contributed by atoms with Crippen LogP contribution in [0.25, 0.3) is 11.0 Å². The molecular weight excluding hydrogens is 376 g/mol. The second-order valence-electron chi connectivity index (χ2n) is 6.98. The molecule has 1 aliphatic heterocycles. The first kappa shape index (κ1) is 20.3. The molecule has 3 aromatic rings. The predicted molar refractivity (Wildman–Crippen MR) is 110 cm³/mol. The van der Waals surface area contributed by atoms with Crippen molar-refractivity contribution in [3.05, 3.63) is 60.0 Å². The molecule has 0 bridgehead atoms. The first-order valence-electron chi connectivity index (χ1n) is 9.54. The van der Waals surface area contributed by atoms with E-state index < -0.39 is 0 Å². The van der Waals surface area contributed by atoms with Gasteiger partial charge in [0.2, 0.25) is 5.91 Å². The molecule has 2 aromatic heterocycles. The fraction of sp³-hybridized carbons (Fsp3) is 0.381. The van der Waals surface area contributed by atoms with E-state index in [0.717, 1.165) is 49.0 Å². The third-order valence-electron chi connectivity index (χ3n) is 5.14. The van der Waals surface area contributed by atoms with Crippen molar-refractivity contribution in [2.24, 2.45) is 0 Å². The third-order valence-corrected chi connectivity index (χ3v) is 5.14. The standard InChI is InChI=1S/C21H24N4O2.ClH/c26-21(14-19-18-8-1-2-9-20(18)27-24-19)25(15-16-6-3-4-12-23-16)17-7-5-11-22-13-10-17;/h1-4,6,8-9,12,17,22H,5,7,10-11,13-15H2;1H. The van der Waals surface area contributed by atoms with Gasteiger partial charge in [0.15, 0.2) is 5.58 Å². The summed E-state index contributed by atoms with van der Waals surface area (Å²) in [6.45, 7) is 2.47. The molecule has 4 rings (SSSR count). The number of carbonyl (C=O) groups excluding carboxylic acids is 1. The Morgan fingerprint density at radius 3 is 2.86 bits per heavy atom. The summed E-state index contributed by atoms with van der Waals surface area (Å²) in [4.78, 5) is 19.7. The Balaban J connectivity index is 0.00000225. The summed E-state index contributed by atoms with van der Waals surface area (Å²) in [6, 6.07) is 13.7. The lowest BCUT2D eigenvalue weighted by molar-refractivity contribution is -0.133. The summed E-state index contributed by atoms with van der Waals surface area (Å²) in [6.07, 6.45) is 5.05. The molecule has 1 aliphatic rings. The van der Waals surface area contributed by atoms with E-state index in [1.807, 2.05) is 47.4 Å². The van der Waals surface area contributed by atoms with E-state index in [1.54, 1.807) is 6.20 Å². The number of pyridine rings is 1. The summed E-state index contributed by atoms with van der Waals surface area (Å²) in [5, 5.41) is 8.47. The minimum absolute atomic E-state index is 0. The predicted octanol–water partition coefficient (Wildman–Crippen LogP) is 3.36. The van der Waals surface area contributed by atoms with E-state index in [1.165, 1.54) is 0 Å². The molecule has 1 atom stereocenters. The molecule has 7 heteroatoms. The Morgan fingerprint density at radius 2 is 2.00 bits per heavy atom. The molecule has 0 spiro atoms. The molecule has 1 unspecified atom stereocenters. The van der Waals surface area contributed by atoms with Gasteiger partial charge in [-0.25, -0.2) is 0 Å². The highest BCUT2D eigenvalue weighted by Gasteiger charge is 2.26. The van der Waals surface area contributed by atoms with Crippen LogP contribution >= 0.6 is 12.4 Å². The summed E-state index contributed by atoms with van der Waals surface area (Å²) < 4.78 is 5.37. The zero-order valence-electron chi connectivity index (χ0n) is 15.7. The van der Waals surface area contributed by atoms with E-state index in [0.29, 0.717) is 12.2 Å². The summed E-state index contributed by atoms with van der Waals surface area (Å²) in [7, 11) is 0. The number of halogens is 1. The highest BCUT2D eigenvalue weighted by atomic mass is 35.5. The van der Waals surface area contributed by atoms with Crippen LogP contribution in [0.1, 0.15) is 30.7 Å². The van der Waals surface area contributed by atoms with Crippen LogP contribution in [0.5, 0.6) is 0 Å². The van der Waals surface area contributed by atoms with Gasteiger partial charge >= 0.3 is 0 Å². The molecule has 0 aliphatic carbocycles. The highest BCUT2D eigenvalue weighted by Crippen LogP contribution is 2.21. The largest absolute Gasteiger partial charge is 0.356 e. The number of aromatic nitrogens is 2. The minimum atomic E-state index is 0. The summed E-state index contributed by atoms with van der Waals surface area (Å²) in [5.41, 5.74) is 2.33. The maximum Gasteiger partial charge on any atom is 0.229 e. The van der Waals surface area contributed by atoms with Gasteiger partial charge in [-0.3, -0.25) is 9.78 Å². The molecule has 3 heterocycles. The Bertz CT molecular complexity index is 892. The van der Waals surface area contributed by atoms with Crippen molar-refractivity contribution in [1.82, 2.24) is 20.4 Å². The van der Waals surface area contributed by atoms with Gasteiger partial charge in [-0.2, -0.15) is 0 Å². The molecule has 0 saturated carbocycles. The van der Waals surface area contributed by atoms with Crippen molar-refractivity contribution >= 4 is 29.3 Å². The SMILES string of the molecule is Cl.O=C(Cc1noc2ccccc12)N(Cc1ccccn1)C1CCCNCC1. The summed E-state index contributed by atoms with van der Waals surface area (Å²) in [5.74, 6) is 0.0756. The van der Waals surface area contributed by atoms with E-state index in [9.17, 15) is 4.79 Å². The van der Waals surface area contributed by atoms with E-state index >= 15 is 0 Å². The second kappa shape index (κ2) is 9.66. The van der Waals surface area contributed by atoms with Crippen LogP contribution in [0.4, 0.5) is 0 Å². The third kappa shape index (κ3) is 4.69. The van der Waals surface area contributed by atoms with Crippen LogP contribution in [-0.2, 0) is 17.8 Å². The fourth-order valence-electron chi connectivity index (χ4n) is 3.71. The lowest BCUT2D eigenvalue weighted by Crippen LogP contribution is -2.41. The van der Waals surface area contributed by atoms with E-state index in [2.05, 4.69) is 15.5 Å². The number of hydrogen-bond donors (Lipinski definition) is 1. The van der Waals surface area contributed by atoms with E-state index in [4.69, 9.17) is 4.52 Å². The van der Waals surface area contributed by atoms with Gasteiger partial charge in [-0.15, -0.1) is 12.4 Å². The number of rotatable bonds is 5. The average Bonchev–Trinajstić information content (AvgIpc) is 2.92. The van der Waals surface area contributed by atoms with Crippen LogP contribution in [0, 0.1) is 0 Å². The molecular formula is C21H25ClN4O2. The number of nitrogens with zero attached hydrogens (tertiary/aromatic N) is 3. The Kier molecular flexibility index (Phi) is 7.01. The first-order valence-corrected chi connectivity index (χ1v) is 9.54. The zero-order valence-corrected chi connectivity index (χ0v) is 16.5. The smallest absolute Gasteiger partial charge is 0.229 e. The van der Waals surface area contributed by atoms with Gasteiger partial charge in [0, 0.05) is 17.6 Å². The minimum Gasteiger partial charge on any atom is -0.356 e. The maximum absolute atomic E-state index is 13.3. The quantitative estimate of drug-likeness (QED) is 0.711. The molecule has 28 heavy (non-hydrogen) atoms. The maximum atomic E-state index is 13.3. The van der Waals surface area contributed by atoms with Gasteiger partial charge in [0.1, 0.15) is 5.69 Å². The lowest BCUT2D eigenvalue weighted by atomic mass is 10.1. The van der Waals surface area contributed by atoms with Crippen LogP contribution in [0.15, 0.2) is 53.2 Å². The molecule has 6 nitrogen and oxygen atoms in total. The van der Waals surface area contributed by atoms with Gasteiger partial charge in [0.05, 0.1) is 18.7 Å².